The summed E-state index contributed by atoms with van der Waals surface area (Å²) in [5.74, 6) is 0. The summed E-state index contributed by atoms with van der Waals surface area (Å²) in [4.78, 5) is 4.20. The van der Waals surface area contributed by atoms with Crippen molar-refractivity contribution in [3.63, 3.8) is 0 Å². The van der Waals surface area contributed by atoms with Gasteiger partial charge in [0, 0.05) is 34.9 Å². The third kappa shape index (κ3) is 1.73. The molecule has 0 unspecified atom stereocenters. The Labute approximate surface area is 97.3 Å². The van der Waals surface area contributed by atoms with Gasteiger partial charge in [-0.2, -0.15) is 0 Å². The van der Waals surface area contributed by atoms with Gasteiger partial charge in [0.1, 0.15) is 0 Å². The van der Waals surface area contributed by atoms with Crippen molar-refractivity contribution >= 4 is 10.9 Å². The fourth-order valence-corrected chi connectivity index (χ4v) is 2.21. The van der Waals surface area contributed by atoms with E-state index in [1.807, 2.05) is 12.4 Å². The molecule has 2 aromatic heterocycles. The quantitative estimate of drug-likeness (QED) is 0.706. The maximum absolute atomic E-state index is 4.20. The highest BCUT2D eigenvalue weighted by Crippen LogP contribution is 2.31. The highest BCUT2D eigenvalue weighted by molar-refractivity contribution is 5.80. The first-order chi connectivity index (χ1) is 7.41. The van der Waals surface area contributed by atoms with Gasteiger partial charge >= 0.3 is 0 Å². The van der Waals surface area contributed by atoms with Crippen molar-refractivity contribution in [3.8, 4) is 0 Å². The number of rotatable bonds is 1. The maximum Gasteiger partial charge on any atom is 0.0516 e. The van der Waals surface area contributed by atoms with Gasteiger partial charge in [-0.1, -0.05) is 20.8 Å². The molecule has 0 radical (unpaired) electrons. The molecule has 0 aliphatic rings. The van der Waals surface area contributed by atoms with Gasteiger partial charge in [0.05, 0.1) is 5.52 Å². The molecule has 2 heterocycles. The van der Waals surface area contributed by atoms with Gasteiger partial charge in [-0.3, -0.25) is 4.98 Å². The minimum Gasteiger partial charge on any atom is -0.341 e. The zero-order valence-electron chi connectivity index (χ0n) is 10.8. The van der Waals surface area contributed by atoms with Crippen molar-refractivity contribution in [1.82, 2.24) is 9.55 Å². The van der Waals surface area contributed by atoms with Gasteiger partial charge in [0.25, 0.3) is 0 Å². The Morgan fingerprint density at radius 2 is 1.94 bits per heavy atom. The standard InChI is InChI=1S/C14H20N2/c1-10(2)16-12-6-7-15-9-11(12)8-13(16)14(3,4)5/h6-10H,1-5H3. The Morgan fingerprint density at radius 1 is 1.25 bits per heavy atom. The van der Waals surface area contributed by atoms with Crippen molar-refractivity contribution in [1.29, 1.82) is 0 Å². The Morgan fingerprint density at radius 3 is 2.50 bits per heavy atom. The van der Waals surface area contributed by atoms with E-state index in [0.29, 0.717) is 6.04 Å². The van der Waals surface area contributed by atoms with Crippen LogP contribution in [0, 0.1) is 0 Å². The summed E-state index contributed by atoms with van der Waals surface area (Å²) in [5, 5.41) is 1.24. The van der Waals surface area contributed by atoms with Gasteiger partial charge in [-0.05, 0) is 26.0 Å². The zero-order valence-corrected chi connectivity index (χ0v) is 10.8. The molecule has 0 amide bonds. The molecule has 0 fully saturated rings. The first-order valence-electron chi connectivity index (χ1n) is 5.86. The van der Waals surface area contributed by atoms with Crippen molar-refractivity contribution in [2.75, 3.05) is 0 Å². The first-order valence-corrected chi connectivity index (χ1v) is 5.86. The summed E-state index contributed by atoms with van der Waals surface area (Å²) in [6.07, 6.45) is 3.82. The third-order valence-electron chi connectivity index (χ3n) is 2.92. The fourth-order valence-electron chi connectivity index (χ4n) is 2.21. The zero-order chi connectivity index (χ0) is 11.9. The highest BCUT2D eigenvalue weighted by Gasteiger charge is 2.21. The summed E-state index contributed by atoms with van der Waals surface area (Å²) >= 11 is 0. The molecule has 86 valence electrons. The Hall–Kier alpha value is -1.31. The lowest BCUT2D eigenvalue weighted by atomic mass is 9.92. The van der Waals surface area contributed by atoms with Crippen LogP contribution in [-0.4, -0.2) is 9.55 Å². The number of hydrogen-bond acceptors (Lipinski definition) is 1. The fraction of sp³-hybridized carbons (Fsp3) is 0.500. The van der Waals surface area contributed by atoms with Crippen LogP contribution >= 0.6 is 0 Å². The van der Waals surface area contributed by atoms with E-state index in [-0.39, 0.29) is 5.41 Å². The number of nitrogens with zero attached hydrogens (tertiary/aromatic N) is 2. The molecule has 2 nitrogen and oxygen atoms in total. The lowest BCUT2D eigenvalue weighted by Crippen LogP contribution is -2.18. The van der Waals surface area contributed by atoms with Crippen LogP contribution in [0.4, 0.5) is 0 Å². The van der Waals surface area contributed by atoms with Crippen LogP contribution in [0.15, 0.2) is 24.5 Å². The molecular weight excluding hydrogens is 196 g/mol. The van der Waals surface area contributed by atoms with Crippen LogP contribution in [0.5, 0.6) is 0 Å². The number of pyridine rings is 1. The lowest BCUT2D eigenvalue weighted by molar-refractivity contribution is 0.494. The van der Waals surface area contributed by atoms with Crippen LogP contribution in [0.25, 0.3) is 10.9 Å². The maximum atomic E-state index is 4.20. The van der Waals surface area contributed by atoms with Crippen LogP contribution in [0.1, 0.15) is 46.4 Å². The van der Waals surface area contributed by atoms with Gasteiger partial charge < -0.3 is 4.57 Å². The number of aromatic nitrogens is 2. The van der Waals surface area contributed by atoms with Gasteiger partial charge in [0.15, 0.2) is 0 Å². The minimum atomic E-state index is 0.170. The molecule has 0 aliphatic carbocycles. The minimum absolute atomic E-state index is 0.170. The van der Waals surface area contributed by atoms with Crippen molar-refractivity contribution in [2.24, 2.45) is 0 Å². The summed E-state index contributed by atoms with van der Waals surface area (Å²) < 4.78 is 2.41. The van der Waals surface area contributed by atoms with Crippen LogP contribution in [-0.2, 0) is 5.41 Å². The molecule has 2 rings (SSSR count). The summed E-state index contributed by atoms with van der Waals surface area (Å²) in [6, 6.07) is 4.85. The molecule has 0 saturated carbocycles. The number of hydrogen-bond donors (Lipinski definition) is 0. The average Bonchev–Trinajstić information content (AvgIpc) is 2.55. The van der Waals surface area contributed by atoms with E-state index in [4.69, 9.17) is 0 Å². The molecular formula is C14H20N2. The van der Waals surface area contributed by atoms with Crippen molar-refractivity contribution in [2.45, 2.75) is 46.1 Å². The van der Waals surface area contributed by atoms with Gasteiger partial charge in [0.2, 0.25) is 0 Å². The Bertz CT molecular complexity index is 501. The van der Waals surface area contributed by atoms with Crippen molar-refractivity contribution < 1.29 is 0 Å². The third-order valence-corrected chi connectivity index (χ3v) is 2.92. The highest BCUT2D eigenvalue weighted by atomic mass is 15.0. The molecule has 2 aromatic rings. The summed E-state index contributed by atoms with van der Waals surface area (Å²) in [5.41, 5.74) is 2.84. The lowest BCUT2D eigenvalue weighted by Gasteiger charge is -2.24. The molecule has 0 saturated heterocycles. The molecule has 0 N–H and O–H groups in total. The Kier molecular flexibility index (Phi) is 2.53. The largest absolute Gasteiger partial charge is 0.341 e. The second-order valence-corrected chi connectivity index (χ2v) is 5.68. The second kappa shape index (κ2) is 3.62. The van der Waals surface area contributed by atoms with E-state index in [0.717, 1.165) is 0 Å². The van der Waals surface area contributed by atoms with E-state index in [1.165, 1.54) is 16.6 Å². The van der Waals surface area contributed by atoms with E-state index in [1.54, 1.807) is 0 Å². The molecule has 0 aromatic carbocycles. The molecule has 0 atom stereocenters. The van der Waals surface area contributed by atoms with Gasteiger partial charge in [-0.25, -0.2) is 0 Å². The average molecular weight is 216 g/mol. The SMILES string of the molecule is CC(C)n1c(C(C)(C)C)cc2cnccc21. The van der Waals surface area contributed by atoms with Crippen LogP contribution in [0.2, 0.25) is 0 Å². The van der Waals surface area contributed by atoms with E-state index in [2.05, 4.69) is 56.3 Å². The van der Waals surface area contributed by atoms with E-state index < -0.39 is 0 Å². The van der Waals surface area contributed by atoms with Crippen LogP contribution in [0.3, 0.4) is 0 Å². The molecule has 0 bridgehead atoms. The van der Waals surface area contributed by atoms with E-state index in [9.17, 15) is 0 Å². The van der Waals surface area contributed by atoms with Crippen molar-refractivity contribution in [3.05, 3.63) is 30.2 Å². The smallest absolute Gasteiger partial charge is 0.0516 e. The topological polar surface area (TPSA) is 17.8 Å². The normalized spacial score (nSPS) is 12.6. The summed E-state index contributed by atoms with van der Waals surface area (Å²) in [6.45, 7) is 11.2. The predicted molar refractivity (Wildman–Crippen MR) is 68.8 cm³/mol. The predicted octanol–water partition coefficient (Wildman–Crippen LogP) is 3.91. The Balaban J connectivity index is 2.78. The molecule has 0 spiro atoms. The monoisotopic (exact) mass is 216 g/mol. The molecule has 0 aliphatic heterocycles. The van der Waals surface area contributed by atoms with Crippen LogP contribution < -0.4 is 0 Å². The second-order valence-electron chi connectivity index (χ2n) is 5.68. The summed E-state index contributed by atoms with van der Waals surface area (Å²) in [7, 11) is 0. The first kappa shape index (κ1) is 11.2. The number of fused-ring (bicyclic) bond motifs is 1. The molecule has 16 heavy (non-hydrogen) atoms. The van der Waals surface area contributed by atoms with Gasteiger partial charge in [-0.15, -0.1) is 0 Å². The molecule has 2 heteroatoms. The van der Waals surface area contributed by atoms with E-state index >= 15 is 0 Å².